The van der Waals surface area contributed by atoms with E-state index in [1.807, 2.05) is 0 Å². The molecule has 92 valence electrons. The third kappa shape index (κ3) is 2.68. The third-order valence-corrected chi connectivity index (χ3v) is 4.78. The SMILES string of the molecule is C=CC(NCC)C1CCC2CCCCC2C1. The molecule has 0 aromatic rings. The van der Waals surface area contributed by atoms with Gasteiger partial charge in [0.2, 0.25) is 0 Å². The number of likely N-dealkylation sites (N-methyl/N-ethyl adjacent to an activating group) is 1. The van der Waals surface area contributed by atoms with Crippen molar-refractivity contribution in [2.75, 3.05) is 6.54 Å². The minimum Gasteiger partial charge on any atom is -0.311 e. The highest BCUT2D eigenvalue weighted by Crippen LogP contribution is 2.43. The molecule has 0 aliphatic heterocycles. The van der Waals surface area contributed by atoms with Crippen molar-refractivity contribution in [1.82, 2.24) is 5.32 Å². The maximum absolute atomic E-state index is 4.00. The Balaban J connectivity index is 1.90. The van der Waals surface area contributed by atoms with Crippen molar-refractivity contribution < 1.29 is 0 Å². The highest BCUT2D eigenvalue weighted by Gasteiger charge is 2.34. The average molecular weight is 221 g/mol. The van der Waals surface area contributed by atoms with Crippen molar-refractivity contribution >= 4 is 0 Å². The fraction of sp³-hybridized carbons (Fsp3) is 0.867. The lowest BCUT2D eigenvalue weighted by Crippen LogP contribution is -2.39. The molecule has 0 radical (unpaired) electrons. The highest BCUT2D eigenvalue weighted by molar-refractivity contribution is 4.95. The topological polar surface area (TPSA) is 12.0 Å². The third-order valence-electron chi connectivity index (χ3n) is 4.78. The number of rotatable bonds is 4. The molecule has 0 amide bonds. The van der Waals surface area contributed by atoms with Gasteiger partial charge in [-0.3, -0.25) is 0 Å². The van der Waals surface area contributed by atoms with Crippen LogP contribution in [0.15, 0.2) is 12.7 Å². The van der Waals surface area contributed by atoms with Gasteiger partial charge in [0.15, 0.2) is 0 Å². The Bertz CT molecular complexity index is 223. The first-order valence-electron chi connectivity index (χ1n) is 7.21. The van der Waals surface area contributed by atoms with Crippen molar-refractivity contribution in [1.29, 1.82) is 0 Å². The van der Waals surface area contributed by atoms with E-state index in [1.54, 1.807) is 0 Å². The molecule has 16 heavy (non-hydrogen) atoms. The van der Waals surface area contributed by atoms with Gasteiger partial charge in [-0.1, -0.05) is 38.7 Å². The quantitative estimate of drug-likeness (QED) is 0.713. The standard InChI is InChI=1S/C15H27N/c1-3-15(16-4-2)14-10-9-12-7-5-6-8-13(12)11-14/h3,12-16H,1,4-11H2,2H3. The van der Waals surface area contributed by atoms with Crippen LogP contribution in [0.4, 0.5) is 0 Å². The van der Waals surface area contributed by atoms with E-state index in [4.69, 9.17) is 0 Å². The summed E-state index contributed by atoms with van der Waals surface area (Å²) in [6.45, 7) is 7.26. The second-order valence-electron chi connectivity index (χ2n) is 5.70. The zero-order valence-electron chi connectivity index (χ0n) is 10.8. The first kappa shape index (κ1) is 12.2. The van der Waals surface area contributed by atoms with E-state index < -0.39 is 0 Å². The molecule has 2 fully saturated rings. The number of hydrogen-bond donors (Lipinski definition) is 1. The van der Waals surface area contributed by atoms with E-state index in [0.29, 0.717) is 6.04 Å². The first-order chi connectivity index (χ1) is 7.85. The van der Waals surface area contributed by atoms with Gasteiger partial charge in [-0.15, -0.1) is 6.58 Å². The van der Waals surface area contributed by atoms with E-state index in [1.165, 1.54) is 44.9 Å². The largest absolute Gasteiger partial charge is 0.311 e. The van der Waals surface area contributed by atoms with Crippen LogP contribution >= 0.6 is 0 Å². The van der Waals surface area contributed by atoms with Gasteiger partial charge in [-0.25, -0.2) is 0 Å². The molecule has 2 saturated carbocycles. The van der Waals surface area contributed by atoms with Gasteiger partial charge in [0.1, 0.15) is 0 Å². The smallest absolute Gasteiger partial charge is 0.0275 e. The van der Waals surface area contributed by atoms with Crippen molar-refractivity contribution in [3.8, 4) is 0 Å². The number of nitrogens with one attached hydrogen (secondary N) is 1. The molecule has 4 unspecified atom stereocenters. The average Bonchev–Trinajstić information content (AvgIpc) is 2.35. The molecule has 2 aliphatic carbocycles. The summed E-state index contributed by atoms with van der Waals surface area (Å²) in [5.74, 6) is 2.96. The van der Waals surface area contributed by atoms with Crippen molar-refractivity contribution in [3.05, 3.63) is 12.7 Å². The first-order valence-corrected chi connectivity index (χ1v) is 7.21. The minimum atomic E-state index is 0.563. The van der Waals surface area contributed by atoms with Crippen LogP contribution in [0.2, 0.25) is 0 Å². The van der Waals surface area contributed by atoms with E-state index >= 15 is 0 Å². The summed E-state index contributed by atoms with van der Waals surface area (Å²) >= 11 is 0. The van der Waals surface area contributed by atoms with Gasteiger partial charge in [-0.05, 0) is 43.6 Å². The molecule has 0 spiro atoms. The molecule has 1 N–H and O–H groups in total. The maximum Gasteiger partial charge on any atom is 0.0275 e. The molecule has 0 saturated heterocycles. The molecule has 0 bridgehead atoms. The predicted molar refractivity (Wildman–Crippen MR) is 70.5 cm³/mol. The molecule has 2 aliphatic rings. The normalized spacial score (nSPS) is 36.4. The zero-order chi connectivity index (χ0) is 11.4. The molecule has 0 aromatic carbocycles. The summed E-state index contributed by atoms with van der Waals surface area (Å²) in [7, 11) is 0. The Kier molecular flexibility index (Phi) is 4.45. The Hall–Kier alpha value is -0.300. The second kappa shape index (κ2) is 5.86. The van der Waals surface area contributed by atoms with Crippen LogP contribution in [0.25, 0.3) is 0 Å². The van der Waals surface area contributed by atoms with Gasteiger partial charge in [0, 0.05) is 6.04 Å². The number of hydrogen-bond acceptors (Lipinski definition) is 1. The van der Waals surface area contributed by atoms with Gasteiger partial charge >= 0.3 is 0 Å². The molecule has 2 rings (SSSR count). The Morgan fingerprint density at radius 2 is 1.94 bits per heavy atom. The highest BCUT2D eigenvalue weighted by atomic mass is 14.9. The van der Waals surface area contributed by atoms with Gasteiger partial charge < -0.3 is 5.32 Å². The van der Waals surface area contributed by atoms with Crippen LogP contribution in [0.3, 0.4) is 0 Å². The predicted octanol–water partition coefficient (Wildman–Crippen LogP) is 3.76. The molecular formula is C15H27N. The lowest BCUT2D eigenvalue weighted by atomic mass is 9.66. The van der Waals surface area contributed by atoms with E-state index in [9.17, 15) is 0 Å². The van der Waals surface area contributed by atoms with Crippen molar-refractivity contribution in [2.24, 2.45) is 17.8 Å². The lowest BCUT2D eigenvalue weighted by Gasteiger charge is -2.41. The van der Waals surface area contributed by atoms with Crippen LogP contribution in [0.5, 0.6) is 0 Å². The summed E-state index contributed by atoms with van der Waals surface area (Å²) in [5.41, 5.74) is 0. The molecule has 4 atom stereocenters. The minimum absolute atomic E-state index is 0.563. The van der Waals surface area contributed by atoms with Crippen LogP contribution in [-0.4, -0.2) is 12.6 Å². The van der Waals surface area contributed by atoms with Gasteiger partial charge in [0.25, 0.3) is 0 Å². The lowest BCUT2D eigenvalue weighted by molar-refractivity contribution is 0.118. The van der Waals surface area contributed by atoms with Crippen LogP contribution in [0.1, 0.15) is 51.9 Å². The summed E-state index contributed by atoms with van der Waals surface area (Å²) in [6.07, 6.45) is 12.5. The molecule has 0 heterocycles. The summed E-state index contributed by atoms with van der Waals surface area (Å²) < 4.78 is 0. The Morgan fingerprint density at radius 3 is 2.62 bits per heavy atom. The van der Waals surface area contributed by atoms with E-state index in [-0.39, 0.29) is 0 Å². The second-order valence-corrected chi connectivity index (χ2v) is 5.70. The van der Waals surface area contributed by atoms with Crippen LogP contribution in [-0.2, 0) is 0 Å². The Labute approximate surface area is 101 Å². The van der Waals surface area contributed by atoms with E-state index in [2.05, 4.69) is 24.9 Å². The number of fused-ring (bicyclic) bond motifs is 1. The molecule has 0 aromatic heterocycles. The summed E-state index contributed by atoms with van der Waals surface area (Å²) in [4.78, 5) is 0. The summed E-state index contributed by atoms with van der Waals surface area (Å²) in [6, 6.07) is 0.563. The molecule has 1 heteroatoms. The Morgan fingerprint density at radius 1 is 1.19 bits per heavy atom. The molecule has 1 nitrogen and oxygen atoms in total. The van der Waals surface area contributed by atoms with Gasteiger partial charge in [0.05, 0.1) is 0 Å². The monoisotopic (exact) mass is 221 g/mol. The van der Waals surface area contributed by atoms with Crippen LogP contribution < -0.4 is 5.32 Å². The summed E-state index contributed by atoms with van der Waals surface area (Å²) in [5, 5.41) is 3.58. The fourth-order valence-corrected chi connectivity index (χ4v) is 3.91. The van der Waals surface area contributed by atoms with Crippen molar-refractivity contribution in [2.45, 2.75) is 57.9 Å². The molecular weight excluding hydrogens is 194 g/mol. The maximum atomic E-state index is 4.00. The van der Waals surface area contributed by atoms with Crippen LogP contribution in [0, 0.1) is 17.8 Å². The van der Waals surface area contributed by atoms with Gasteiger partial charge in [-0.2, -0.15) is 0 Å². The van der Waals surface area contributed by atoms with Crippen molar-refractivity contribution in [3.63, 3.8) is 0 Å². The van der Waals surface area contributed by atoms with E-state index in [0.717, 1.165) is 24.3 Å². The fourth-order valence-electron chi connectivity index (χ4n) is 3.91. The zero-order valence-corrected chi connectivity index (χ0v) is 10.8.